The molecule has 1 aliphatic carbocycles. The van der Waals surface area contributed by atoms with E-state index in [-0.39, 0.29) is 17.3 Å². The largest absolute Gasteiger partial charge is 0.436 e. The van der Waals surface area contributed by atoms with E-state index < -0.39 is 23.3 Å². The second-order valence-electron chi connectivity index (χ2n) is 7.71. The molecule has 0 atom stereocenters. The van der Waals surface area contributed by atoms with Gasteiger partial charge in [-0.2, -0.15) is 23.8 Å². The monoisotopic (exact) mass is 478 g/mol. The Labute approximate surface area is 184 Å². The van der Waals surface area contributed by atoms with Crippen LogP contribution in [0, 0.1) is 0 Å². The number of alkyl halides is 3. The first-order valence-electron chi connectivity index (χ1n) is 10.1. The fraction of sp³-hybridized carbons (Fsp3) is 0.579. The number of hydrogen-bond donors (Lipinski definition) is 3. The molecule has 2 aliphatic rings. The molecule has 0 spiro atoms. The molecular weight excluding hydrogens is 453 g/mol. The zero-order valence-electron chi connectivity index (χ0n) is 16.8. The number of anilines is 2. The van der Waals surface area contributed by atoms with Crippen molar-refractivity contribution in [3.8, 4) is 0 Å². The lowest BCUT2D eigenvalue weighted by Gasteiger charge is -2.42. The summed E-state index contributed by atoms with van der Waals surface area (Å²) in [6, 6.07) is 3.40. The standard InChI is InChI=1S/C19H25F3N4O3S2/c20-19(21,22)12-23-17-10-14(26-5-7-31(27,28)8-6-26)9-13(24-17)11-30-18-25-15-3-1-2-4-16(15)29-18/h9-10,27-28H,1-8,11-12H2,(H,23,24). The van der Waals surface area contributed by atoms with E-state index in [9.17, 15) is 22.3 Å². The smallest absolute Gasteiger partial charge is 0.405 e. The highest BCUT2D eigenvalue weighted by atomic mass is 32.3. The Morgan fingerprint density at radius 3 is 2.58 bits per heavy atom. The van der Waals surface area contributed by atoms with Gasteiger partial charge in [0.1, 0.15) is 18.1 Å². The molecule has 0 amide bonds. The quantitative estimate of drug-likeness (QED) is 0.511. The van der Waals surface area contributed by atoms with Gasteiger partial charge in [-0.25, -0.2) is 9.97 Å². The van der Waals surface area contributed by atoms with Crippen LogP contribution in [0.5, 0.6) is 0 Å². The summed E-state index contributed by atoms with van der Waals surface area (Å²) in [5, 5.41) is 2.91. The van der Waals surface area contributed by atoms with Crippen molar-refractivity contribution in [2.75, 3.05) is 41.4 Å². The van der Waals surface area contributed by atoms with Crippen LogP contribution in [0.1, 0.15) is 30.0 Å². The second kappa shape index (κ2) is 9.08. The van der Waals surface area contributed by atoms with Gasteiger partial charge < -0.3 is 14.6 Å². The average molecular weight is 479 g/mol. The number of thioether (sulfide) groups is 1. The van der Waals surface area contributed by atoms with Gasteiger partial charge in [0.15, 0.2) is 0 Å². The molecule has 2 aromatic rings. The van der Waals surface area contributed by atoms with Gasteiger partial charge in [0.25, 0.3) is 5.22 Å². The highest BCUT2D eigenvalue weighted by Gasteiger charge is 2.28. The molecule has 7 nitrogen and oxygen atoms in total. The van der Waals surface area contributed by atoms with Crippen LogP contribution in [0.15, 0.2) is 21.8 Å². The van der Waals surface area contributed by atoms with Crippen LogP contribution in [0.3, 0.4) is 0 Å². The van der Waals surface area contributed by atoms with Gasteiger partial charge >= 0.3 is 6.18 Å². The van der Waals surface area contributed by atoms with E-state index >= 15 is 0 Å². The molecule has 0 radical (unpaired) electrons. The molecule has 1 saturated heterocycles. The van der Waals surface area contributed by atoms with Crippen LogP contribution >= 0.6 is 22.4 Å². The number of aryl methyl sites for hydroxylation is 2. The molecule has 0 saturated carbocycles. The Bertz CT molecular complexity index is 890. The maximum Gasteiger partial charge on any atom is 0.405 e. The fourth-order valence-corrected chi connectivity index (χ4v) is 5.60. The maximum absolute atomic E-state index is 12.7. The highest BCUT2D eigenvalue weighted by molar-refractivity contribution is 8.24. The molecule has 4 rings (SSSR count). The normalized spacial score (nSPS) is 19.7. The third-order valence-electron chi connectivity index (χ3n) is 5.24. The maximum atomic E-state index is 12.7. The summed E-state index contributed by atoms with van der Waals surface area (Å²) in [5.74, 6) is 1.94. The summed E-state index contributed by atoms with van der Waals surface area (Å²) in [7, 11) is -2.57. The molecule has 31 heavy (non-hydrogen) atoms. The Morgan fingerprint density at radius 2 is 1.87 bits per heavy atom. The van der Waals surface area contributed by atoms with Crippen LogP contribution < -0.4 is 10.2 Å². The molecule has 3 N–H and O–H groups in total. The Hall–Kier alpha value is -1.63. The first-order chi connectivity index (χ1) is 14.7. The van der Waals surface area contributed by atoms with Gasteiger partial charge in [-0.3, -0.25) is 9.11 Å². The number of nitrogens with zero attached hydrogens (tertiary/aromatic N) is 3. The summed E-state index contributed by atoms with van der Waals surface area (Å²) < 4.78 is 63.6. The van der Waals surface area contributed by atoms with E-state index in [0.717, 1.165) is 37.1 Å². The van der Waals surface area contributed by atoms with Crippen LogP contribution in [-0.2, 0) is 18.6 Å². The van der Waals surface area contributed by atoms with Crippen molar-refractivity contribution in [3.63, 3.8) is 0 Å². The topological polar surface area (TPSA) is 94.7 Å². The second-order valence-corrected chi connectivity index (χ2v) is 11.1. The zero-order valence-corrected chi connectivity index (χ0v) is 18.5. The molecule has 1 aliphatic heterocycles. The molecule has 0 bridgehead atoms. The van der Waals surface area contributed by atoms with Crippen molar-refractivity contribution in [2.24, 2.45) is 0 Å². The van der Waals surface area contributed by atoms with Gasteiger partial charge in [-0.05, 0) is 25.3 Å². The fourth-order valence-electron chi connectivity index (χ4n) is 3.62. The third-order valence-corrected chi connectivity index (χ3v) is 7.78. The molecular formula is C19H25F3N4O3S2. The number of aromatic nitrogens is 2. The SMILES string of the molecule is OS1(O)CCN(c2cc(CSc3nc4c(o3)CCCC4)nc(NCC(F)(F)F)c2)CC1. The Balaban J connectivity index is 1.50. The van der Waals surface area contributed by atoms with Crippen molar-refractivity contribution in [1.29, 1.82) is 0 Å². The summed E-state index contributed by atoms with van der Waals surface area (Å²) in [5.41, 5.74) is 2.30. The minimum atomic E-state index is -4.36. The van der Waals surface area contributed by atoms with Crippen molar-refractivity contribution in [1.82, 2.24) is 9.97 Å². The van der Waals surface area contributed by atoms with Gasteiger partial charge in [0.05, 0.1) is 22.9 Å². The minimum Gasteiger partial charge on any atom is -0.436 e. The lowest BCUT2D eigenvalue weighted by atomic mass is 10.0. The Kier molecular flexibility index (Phi) is 6.61. The molecule has 2 aromatic heterocycles. The highest BCUT2D eigenvalue weighted by Crippen LogP contribution is 2.41. The van der Waals surface area contributed by atoms with Gasteiger partial charge in [0, 0.05) is 37.0 Å². The minimum absolute atomic E-state index is 0.134. The predicted octanol–water partition coefficient (Wildman–Crippen LogP) is 4.79. The number of pyridine rings is 1. The van der Waals surface area contributed by atoms with Gasteiger partial charge in [-0.1, -0.05) is 11.8 Å². The van der Waals surface area contributed by atoms with Crippen LogP contribution in [0.4, 0.5) is 24.7 Å². The number of fused-ring (bicyclic) bond motifs is 1. The molecule has 12 heteroatoms. The van der Waals surface area contributed by atoms with E-state index in [1.54, 1.807) is 6.07 Å². The number of oxazole rings is 1. The zero-order chi connectivity index (χ0) is 22.1. The van der Waals surface area contributed by atoms with Crippen molar-refractivity contribution >= 4 is 33.9 Å². The summed E-state index contributed by atoms with van der Waals surface area (Å²) in [6.45, 7) is -0.336. The predicted molar refractivity (Wildman–Crippen MR) is 116 cm³/mol. The van der Waals surface area contributed by atoms with Crippen molar-refractivity contribution < 1.29 is 26.7 Å². The number of hydrogen-bond acceptors (Lipinski definition) is 8. The summed E-state index contributed by atoms with van der Waals surface area (Å²) in [6.07, 6.45) is -0.374. The average Bonchev–Trinajstić information content (AvgIpc) is 3.13. The summed E-state index contributed by atoms with van der Waals surface area (Å²) >= 11 is 1.37. The molecule has 172 valence electrons. The van der Waals surface area contributed by atoms with Crippen LogP contribution in [-0.4, -0.2) is 56.4 Å². The number of rotatable bonds is 6. The van der Waals surface area contributed by atoms with Crippen LogP contribution in [0.2, 0.25) is 0 Å². The first kappa shape index (κ1) is 22.6. The van der Waals surface area contributed by atoms with E-state index in [1.807, 2.05) is 11.0 Å². The summed E-state index contributed by atoms with van der Waals surface area (Å²) in [4.78, 5) is 10.8. The van der Waals surface area contributed by atoms with E-state index in [4.69, 9.17) is 4.42 Å². The molecule has 3 heterocycles. The van der Waals surface area contributed by atoms with Gasteiger partial charge in [0.2, 0.25) is 0 Å². The van der Waals surface area contributed by atoms with E-state index in [0.29, 0.717) is 35.4 Å². The third kappa shape index (κ3) is 6.21. The van der Waals surface area contributed by atoms with Crippen molar-refractivity contribution in [2.45, 2.75) is 42.8 Å². The number of nitrogens with one attached hydrogen (secondary N) is 1. The Morgan fingerprint density at radius 1 is 1.13 bits per heavy atom. The molecule has 0 unspecified atom stereocenters. The lowest BCUT2D eigenvalue weighted by Crippen LogP contribution is -2.38. The van der Waals surface area contributed by atoms with Crippen molar-refractivity contribution in [3.05, 3.63) is 29.3 Å². The van der Waals surface area contributed by atoms with Gasteiger partial charge in [-0.15, -0.1) is 0 Å². The molecule has 1 fully saturated rings. The lowest BCUT2D eigenvalue weighted by molar-refractivity contribution is -0.115. The first-order valence-corrected chi connectivity index (χ1v) is 13.0. The van der Waals surface area contributed by atoms with E-state index in [1.165, 1.54) is 11.8 Å². The van der Waals surface area contributed by atoms with E-state index in [2.05, 4.69) is 15.3 Å². The van der Waals surface area contributed by atoms with Crippen LogP contribution in [0.25, 0.3) is 0 Å². The number of halogens is 3. The molecule has 0 aromatic carbocycles.